The summed E-state index contributed by atoms with van der Waals surface area (Å²) < 4.78 is 13.7. The van der Waals surface area contributed by atoms with Crippen molar-refractivity contribution in [1.29, 1.82) is 0 Å². The summed E-state index contributed by atoms with van der Waals surface area (Å²) in [6.45, 7) is 7.68. The molecule has 0 radical (unpaired) electrons. The van der Waals surface area contributed by atoms with Crippen LogP contribution < -0.4 is 10.6 Å². The van der Waals surface area contributed by atoms with Crippen molar-refractivity contribution < 1.29 is 14.0 Å². The normalized spacial score (nSPS) is 10.9. The first-order chi connectivity index (χ1) is 15.5. The number of carbonyl (C=O) groups is 2. The van der Waals surface area contributed by atoms with Crippen molar-refractivity contribution in [2.75, 3.05) is 18.4 Å². The van der Waals surface area contributed by atoms with Crippen molar-refractivity contribution in [1.82, 2.24) is 15.2 Å². The van der Waals surface area contributed by atoms with Crippen molar-refractivity contribution in [2.24, 2.45) is 0 Å². The lowest BCUT2D eigenvalue weighted by molar-refractivity contribution is -0.120. The lowest BCUT2D eigenvalue weighted by Gasteiger charge is -2.18. The van der Waals surface area contributed by atoms with Gasteiger partial charge in [-0.25, -0.2) is 9.37 Å². The lowest BCUT2D eigenvalue weighted by Crippen LogP contribution is -2.25. The SMILES string of the molecule is CCN(CC)Cc1ccc(CNC(=O)Cc2csc(NC(=O)c3ccccc3F)n2)cc1. The molecule has 2 amide bonds. The molecule has 0 aliphatic rings. The van der Waals surface area contributed by atoms with Crippen LogP contribution in [0.25, 0.3) is 0 Å². The third kappa shape index (κ3) is 6.70. The van der Waals surface area contributed by atoms with Crippen LogP contribution in [0.5, 0.6) is 0 Å². The lowest BCUT2D eigenvalue weighted by atomic mass is 10.1. The van der Waals surface area contributed by atoms with E-state index in [0.717, 1.165) is 25.2 Å². The predicted molar refractivity (Wildman–Crippen MR) is 125 cm³/mol. The van der Waals surface area contributed by atoms with Gasteiger partial charge in [-0.2, -0.15) is 0 Å². The Morgan fingerprint density at radius 1 is 1.03 bits per heavy atom. The number of carbonyl (C=O) groups excluding carboxylic acids is 2. The van der Waals surface area contributed by atoms with Gasteiger partial charge in [0.05, 0.1) is 17.7 Å². The van der Waals surface area contributed by atoms with Crippen molar-refractivity contribution in [3.05, 3.63) is 82.1 Å². The maximum Gasteiger partial charge on any atom is 0.260 e. The van der Waals surface area contributed by atoms with Crippen LogP contribution in [0.1, 0.15) is 41.0 Å². The molecule has 0 aliphatic heterocycles. The van der Waals surface area contributed by atoms with E-state index in [-0.39, 0.29) is 17.9 Å². The molecule has 1 heterocycles. The number of thiazole rings is 1. The highest BCUT2D eigenvalue weighted by Gasteiger charge is 2.14. The van der Waals surface area contributed by atoms with Gasteiger partial charge in [0, 0.05) is 18.5 Å². The number of hydrogen-bond acceptors (Lipinski definition) is 5. The van der Waals surface area contributed by atoms with Gasteiger partial charge in [-0.15, -0.1) is 11.3 Å². The number of nitrogens with zero attached hydrogens (tertiary/aromatic N) is 2. The van der Waals surface area contributed by atoms with Crippen molar-refractivity contribution in [3.63, 3.8) is 0 Å². The monoisotopic (exact) mass is 454 g/mol. The first-order valence-electron chi connectivity index (χ1n) is 10.6. The van der Waals surface area contributed by atoms with E-state index in [1.165, 1.54) is 35.1 Å². The summed E-state index contributed by atoms with van der Waals surface area (Å²) in [5.41, 5.74) is 2.77. The summed E-state index contributed by atoms with van der Waals surface area (Å²) in [6, 6.07) is 14.0. The molecule has 3 rings (SSSR count). The Morgan fingerprint density at radius 2 is 1.72 bits per heavy atom. The van der Waals surface area contributed by atoms with Crippen LogP contribution in [0.3, 0.4) is 0 Å². The zero-order valence-corrected chi connectivity index (χ0v) is 19.0. The van der Waals surface area contributed by atoms with Gasteiger partial charge in [0.25, 0.3) is 5.91 Å². The maximum atomic E-state index is 13.7. The summed E-state index contributed by atoms with van der Waals surface area (Å²) >= 11 is 1.20. The van der Waals surface area contributed by atoms with Gasteiger partial charge >= 0.3 is 0 Å². The number of nitrogens with one attached hydrogen (secondary N) is 2. The maximum absolute atomic E-state index is 13.7. The van der Waals surface area contributed by atoms with Crippen LogP contribution in [0.4, 0.5) is 9.52 Å². The molecule has 0 bridgehead atoms. The van der Waals surface area contributed by atoms with Gasteiger partial charge in [-0.3, -0.25) is 19.8 Å². The number of hydrogen-bond donors (Lipinski definition) is 2. The van der Waals surface area contributed by atoms with E-state index in [2.05, 4.69) is 46.5 Å². The predicted octanol–water partition coefficient (Wildman–Crippen LogP) is 4.24. The van der Waals surface area contributed by atoms with Gasteiger partial charge in [-0.1, -0.05) is 50.2 Å². The highest BCUT2D eigenvalue weighted by molar-refractivity contribution is 7.14. The van der Waals surface area contributed by atoms with E-state index < -0.39 is 11.7 Å². The van der Waals surface area contributed by atoms with Crippen molar-refractivity contribution >= 4 is 28.3 Å². The van der Waals surface area contributed by atoms with Gasteiger partial charge < -0.3 is 5.32 Å². The van der Waals surface area contributed by atoms with E-state index in [9.17, 15) is 14.0 Å². The number of amides is 2. The van der Waals surface area contributed by atoms with E-state index in [0.29, 0.717) is 17.4 Å². The highest BCUT2D eigenvalue weighted by atomic mass is 32.1. The molecule has 3 aromatic rings. The Kier molecular flexibility index (Phi) is 8.47. The number of aromatic nitrogens is 1. The Balaban J connectivity index is 1.47. The molecular weight excluding hydrogens is 427 g/mol. The molecule has 8 heteroatoms. The first-order valence-corrected chi connectivity index (χ1v) is 11.4. The molecule has 0 atom stereocenters. The van der Waals surface area contributed by atoms with E-state index in [4.69, 9.17) is 0 Å². The zero-order chi connectivity index (χ0) is 22.9. The summed E-state index contributed by atoms with van der Waals surface area (Å²) in [6.07, 6.45) is 0.103. The molecule has 6 nitrogen and oxygen atoms in total. The fourth-order valence-electron chi connectivity index (χ4n) is 3.15. The van der Waals surface area contributed by atoms with Crippen LogP contribution >= 0.6 is 11.3 Å². The second kappa shape index (κ2) is 11.5. The second-order valence-electron chi connectivity index (χ2n) is 7.31. The Labute approximate surface area is 191 Å². The van der Waals surface area contributed by atoms with Crippen LogP contribution in [0, 0.1) is 5.82 Å². The minimum atomic E-state index is -0.595. The highest BCUT2D eigenvalue weighted by Crippen LogP contribution is 2.18. The topological polar surface area (TPSA) is 74.3 Å². The quantitative estimate of drug-likeness (QED) is 0.481. The van der Waals surface area contributed by atoms with Crippen LogP contribution in [0.2, 0.25) is 0 Å². The average molecular weight is 455 g/mol. The third-order valence-electron chi connectivity index (χ3n) is 5.05. The molecule has 0 fully saturated rings. The molecule has 1 aromatic heterocycles. The van der Waals surface area contributed by atoms with Crippen LogP contribution in [-0.4, -0.2) is 34.8 Å². The summed E-state index contributed by atoms with van der Waals surface area (Å²) in [4.78, 5) is 31.1. The zero-order valence-electron chi connectivity index (χ0n) is 18.2. The molecule has 168 valence electrons. The molecule has 0 spiro atoms. The fourth-order valence-corrected chi connectivity index (χ4v) is 3.86. The molecular formula is C24H27FN4O2S. The summed E-state index contributed by atoms with van der Waals surface area (Å²) in [7, 11) is 0. The van der Waals surface area contributed by atoms with Crippen LogP contribution in [0.15, 0.2) is 53.9 Å². The van der Waals surface area contributed by atoms with E-state index >= 15 is 0 Å². The number of benzene rings is 2. The van der Waals surface area contributed by atoms with Gasteiger partial charge in [-0.05, 0) is 36.3 Å². The minimum absolute atomic E-state index is 0.0508. The number of anilines is 1. The molecule has 0 aliphatic carbocycles. The number of rotatable bonds is 10. The largest absolute Gasteiger partial charge is 0.352 e. The van der Waals surface area contributed by atoms with Crippen molar-refractivity contribution in [3.8, 4) is 0 Å². The van der Waals surface area contributed by atoms with Crippen LogP contribution in [-0.2, 0) is 24.3 Å². The van der Waals surface area contributed by atoms with Gasteiger partial charge in [0.15, 0.2) is 5.13 Å². The Morgan fingerprint density at radius 3 is 2.41 bits per heavy atom. The second-order valence-corrected chi connectivity index (χ2v) is 8.17. The fraction of sp³-hybridized carbons (Fsp3) is 0.292. The van der Waals surface area contributed by atoms with Gasteiger partial charge in [0.1, 0.15) is 5.82 Å². The van der Waals surface area contributed by atoms with Crippen molar-refractivity contribution in [2.45, 2.75) is 33.4 Å². The van der Waals surface area contributed by atoms with Gasteiger partial charge in [0.2, 0.25) is 5.91 Å². The standard InChI is InChI=1S/C24H27FN4O2S/c1-3-29(4-2)15-18-11-9-17(10-12-18)14-26-22(30)13-19-16-32-24(27-19)28-23(31)20-7-5-6-8-21(20)25/h5-12,16H,3-4,13-15H2,1-2H3,(H,26,30)(H,27,28,31). The molecule has 0 saturated carbocycles. The van der Waals surface area contributed by atoms with E-state index in [1.54, 1.807) is 11.4 Å². The molecule has 0 unspecified atom stereocenters. The Bertz CT molecular complexity index is 1050. The van der Waals surface area contributed by atoms with E-state index in [1.807, 2.05) is 12.1 Å². The molecule has 2 aromatic carbocycles. The third-order valence-corrected chi connectivity index (χ3v) is 5.85. The first kappa shape index (κ1) is 23.6. The molecule has 2 N–H and O–H groups in total. The summed E-state index contributed by atoms with van der Waals surface area (Å²) in [5, 5.41) is 7.49. The number of halogens is 1. The minimum Gasteiger partial charge on any atom is -0.352 e. The smallest absolute Gasteiger partial charge is 0.260 e. The summed E-state index contributed by atoms with van der Waals surface area (Å²) in [5.74, 6) is -1.32. The molecule has 0 saturated heterocycles. The Hall–Kier alpha value is -3.10. The molecule has 32 heavy (non-hydrogen) atoms. The average Bonchev–Trinajstić information content (AvgIpc) is 3.23.